The van der Waals surface area contributed by atoms with Crippen LogP contribution in [0.4, 0.5) is 0 Å². The van der Waals surface area contributed by atoms with E-state index in [0.29, 0.717) is 6.42 Å². The summed E-state index contributed by atoms with van der Waals surface area (Å²) in [4.78, 5) is 10.9. The van der Waals surface area contributed by atoms with E-state index in [1.807, 2.05) is 0 Å². The molecule has 1 aliphatic rings. The highest BCUT2D eigenvalue weighted by Crippen LogP contribution is 2.11. The van der Waals surface area contributed by atoms with Crippen LogP contribution < -0.4 is 11.1 Å². The van der Waals surface area contributed by atoms with Crippen molar-refractivity contribution in [3.63, 3.8) is 0 Å². The van der Waals surface area contributed by atoms with Gasteiger partial charge in [0.05, 0.1) is 18.1 Å². The fourth-order valence-corrected chi connectivity index (χ4v) is 3.06. The van der Waals surface area contributed by atoms with Crippen molar-refractivity contribution in [1.82, 2.24) is 5.32 Å². The van der Waals surface area contributed by atoms with Crippen molar-refractivity contribution in [3.8, 4) is 0 Å². The van der Waals surface area contributed by atoms with Crippen molar-refractivity contribution in [2.45, 2.75) is 18.9 Å². The molecule has 3 N–H and O–H groups in total. The fraction of sp³-hybridized carbons (Fsp3) is 0.857. The summed E-state index contributed by atoms with van der Waals surface area (Å²) in [7, 11) is -2.94. The summed E-state index contributed by atoms with van der Waals surface area (Å²) in [6, 6.07) is -0.241. The molecule has 5 nitrogen and oxygen atoms in total. The lowest BCUT2D eigenvalue weighted by Gasteiger charge is -2.22. The van der Waals surface area contributed by atoms with E-state index < -0.39 is 9.84 Å². The van der Waals surface area contributed by atoms with Gasteiger partial charge >= 0.3 is 0 Å². The molecule has 1 amide bonds. The minimum atomic E-state index is -2.94. The number of hydrogen-bond acceptors (Lipinski definition) is 4. The highest BCUT2D eigenvalue weighted by atomic mass is 32.2. The van der Waals surface area contributed by atoms with Gasteiger partial charge in [-0.05, 0) is 12.8 Å². The van der Waals surface area contributed by atoms with E-state index in [1.54, 1.807) is 0 Å². The van der Waals surface area contributed by atoms with E-state index in [1.165, 1.54) is 0 Å². The summed E-state index contributed by atoms with van der Waals surface area (Å²) in [5, 5.41) is 2.58. The summed E-state index contributed by atoms with van der Waals surface area (Å²) in [5.41, 5.74) is 5.10. The van der Waals surface area contributed by atoms with Crippen LogP contribution in [0.25, 0.3) is 0 Å². The first-order chi connectivity index (χ1) is 6.03. The summed E-state index contributed by atoms with van der Waals surface area (Å²) in [6.07, 6.45) is 1.35. The van der Waals surface area contributed by atoms with Gasteiger partial charge in [0.25, 0.3) is 0 Å². The lowest BCUT2D eigenvalue weighted by molar-refractivity contribution is -0.120. The number of amides is 1. The zero-order valence-corrected chi connectivity index (χ0v) is 8.14. The topological polar surface area (TPSA) is 89.3 Å². The molecule has 1 unspecified atom stereocenters. The van der Waals surface area contributed by atoms with Crippen LogP contribution in [0, 0.1) is 0 Å². The van der Waals surface area contributed by atoms with Crippen LogP contribution in [-0.2, 0) is 14.6 Å². The Morgan fingerprint density at radius 2 is 2.23 bits per heavy atom. The van der Waals surface area contributed by atoms with Crippen LogP contribution in [0.15, 0.2) is 0 Å². The summed E-state index contributed by atoms with van der Waals surface area (Å²) < 4.78 is 22.3. The van der Waals surface area contributed by atoms with Crippen molar-refractivity contribution in [1.29, 1.82) is 0 Å². The van der Waals surface area contributed by atoms with Crippen LogP contribution in [-0.4, -0.2) is 38.4 Å². The molecule has 1 rings (SSSR count). The van der Waals surface area contributed by atoms with Gasteiger partial charge in [0.15, 0.2) is 9.84 Å². The van der Waals surface area contributed by atoms with Gasteiger partial charge in [-0.2, -0.15) is 0 Å². The standard InChI is InChI=1S/C7H14N2O3S/c8-4-7(10)9-6-2-1-3-13(11,12)5-6/h6H,1-5,8H2,(H,9,10). The van der Waals surface area contributed by atoms with Crippen LogP contribution in [0.3, 0.4) is 0 Å². The molecular formula is C7H14N2O3S. The molecule has 0 aliphatic carbocycles. The predicted octanol–water partition coefficient (Wildman–Crippen LogP) is -1.36. The fourth-order valence-electron chi connectivity index (χ4n) is 1.42. The van der Waals surface area contributed by atoms with E-state index in [-0.39, 0.29) is 30.0 Å². The molecule has 0 radical (unpaired) electrons. The van der Waals surface area contributed by atoms with Crippen LogP contribution in [0.5, 0.6) is 0 Å². The maximum absolute atomic E-state index is 11.1. The first-order valence-corrected chi connectivity index (χ1v) is 6.05. The second-order valence-corrected chi connectivity index (χ2v) is 5.45. The van der Waals surface area contributed by atoms with Gasteiger partial charge < -0.3 is 11.1 Å². The summed E-state index contributed by atoms with van der Waals surface area (Å²) >= 11 is 0. The SMILES string of the molecule is NCC(=O)NC1CCCS(=O)(=O)C1. The van der Waals surface area contributed by atoms with E-state index in [2.05, 4.69) is 5.32 Å². The summed E-state index contributed by atoms with van der Waals surface area (Å²) in [6.45, 7) is -0.0868. The number of rotatable bonds is 2. The monoisotopic (exact) mass is 206 g/mol. The molecule has 0 bridgehead atoms. The molecule has 6 heteroatoms. The van der Waals surface area contributed by atoms with Gasteiger partial charge in [0.1, 0.15) is 0 Å². The van der Waals surface area contributed by atoms with Crippen molar-refractivity contribution >= 4 is 15.7 Å². The van der Waals surface area contributed by atoms with E-state index >= 15 is 0 Å². The highest BCUT2D eigenvalue weighted by molar-refractivity contribution is 7.91. The molecule has 1 heterocycles. The Kier molecular flexibility index (Phi) is 3.27. The third-order valence-electron chi connectivity index (χ3n) is 2.01. The Morgan fingerprint density at radius 1 is 1.54 bits per heavy atom. The quantitative estimate of drug-likeness (QED) is 0.584. The van der Waals surface area contributed by atoms with Crippen molar-refractivity contribution in [3.05, 3.63) is 0 Å². The van der Waals surface area contributed by atoms with Crippen molar-refractivity contribution in [2.24, 2.45) is 5.73 Å². The summed E-state index contributed by atoms with van der Waals surface area (Å²) in [5.74, 6) is 0.00267. The number of carbonyl (C=O) groups excluding carboxylic acids is 1. The zero-order chi connectivity index (χ0) is 9.90. The highest BCUT2D eigenvalue weighted by Gasteiger charge is 2.25. The molecule has 76 valence electrons. The van der Waals surface area contributed by atoms with E-state index in [0.717, 1.165) is 6.42 Å². The van der Waals surface area contributed by atoms with Gasteiger partial charge in [-0.3, -0.25) is 4.79 Å². The molecule has 1 saturated heterocycles. The zero-order valence-electron chi connectivity index (χ0n) is 7.32. The molecule has 1 atom stereocenters. The maximum atomic E-state index is 11.1. The third-order valence-corrected chi connectivity index (χ3v) is 3.83. The number of nitrogens with one attached hydrogen (secondary N) is 1. The number of carbonyl (C=O) groups is 1. The normalized spacial score (nSPS) is 26.7. The molecular weight excluding hydrogens is 192 g/mol. The molecule has 0 aromatic rings. The number of nitrogens with two attached hydrogens (primary N) is 1. The number of sulfone groups is 1. The Balaban J connectivity index is 2.48. The largest absolute Gasteiger partial charge is 0.351 e. The Hall–Kier alpha value is -0.620. The van der Waals surface area contributed by atoms with E-state index in [4.69, 9.17) is 5.73 Å². The maximum Gasteiger partial charge on any atom is 0.233 e. The number of hydrogen-bond donors (Lipinski definition) is 2. The average Bonchev–Trinajstić information content (AvgIpc) is 2.02. The second-order valence-electron chi connectivity index (χ2n) is 3.23. The third kappa shape index (κ3) is 3.31. The van der Waals surface area contributed by atoms with Gasteiger partial charge in [-0.25, -0.2) is 8.42 Å². The molecule has 0 aromatic carbocycles. The van der Waals surface area contributed by atoms with Gasteiger partial charge in [-0.15, -0.1) is 0 Å². The molecule has 1 aliphatic heterocycles. The van der Waals surface area contributed by atoms with Crippen LogP contribution >= 0.6 is 0 Å². The van der Waals surface area contributed by atoms with Gasteiger partial charge in [0, 0.05) is 6.04 Å². The Labute approximate surface area is 77.6 Å². The molecule has 13 heavy (non-hydrogen) atoms. The molecule has 0 spiro atoms. The molecule has 0 aromatic heterocycles. The van der Waals surface area contributed by atoms with E-state index in [9.17, 15) is 13.2 Å². The lowest BCUT2D eigenvalue weighted by atomic mass is 10.2. The van der Waals surface area contributed by atoms with Gasteiger partial charge in [0.2, 0.25) is 5.91 Å². The Bertz CT molecular complexity index is 286. The van der Waals surface area contributed by atoms with Crippen LogP contribution in [0.1, 0.15) is 12.8 Å². The first-order valence-electron chi connectivity index (χ1n) is 4.23. The van der Waals surface area contributed by atoms with Crippen LogP contribution in [0.2, 0.25) is 0 Å². The smallest absolute Gasteiger partial charge is 0.233 e. The molecule has 0 saturated carbocycles. The van der Waals surface area contributed by atoms with Crippen molar-refractivity contribution < 1.29 is 13.2 Å². The van der Waals surface area contributed by atoms with Gasteiger partial charge in [-0.1, -0.05) is 0 Å². The lowest BCUT2D eigenvalue weighted by Crippen LogP contribution is -2.45. The predicted molar refractivity (Wildman–Crippen MR) is 48.9 cm³/mol. The minimum Gasteiger partial charge on any atom is -0.351 e. The molecule has 1 fully saturated rings. The minimum absolute atomic E-state index is 0.0543. The Morgan fingerprint density at radius 3 is 2.77 bits per heavy atom. The second kappa shape index (κ2) is 4.06. The average molecular weight is 206 g/mol. The first kappa shape index (κ1) is 10.5. The van der Waals surface area contributed by atoms with Crippen molar-refractivity contribution in [2.75, 3.05) is 18.1 Å².